The predicted molar refractivity (Wildman–Crippen MR) is 102 cm³/mol. The van der Waals surface area contributed by atoms with Crippen LogP contribution in [0.25, 0.3) is 0 Å². The SMILES string of the molecule is CC(C)(C)OC(=O)Nc1cc([N+](=O)[O-])ccc1CC(=O)c1ccccc1Cl. The largest absolute Gasteiger partial charge is 0.444 e. The first kappa shape index (κ1) is 20.4. The second-order valence-corrected chi connectivity index (χ2v) is 7.21. The molecule has 0 aliphatic heterocycles. The van der Waals surface area contributed by atoms with Gasteiger partial charge in [0.05, 0.1) is 15.6 Å². The molecule has 7 nitrogen and oxygen atoms in total. The molecule has 1 amide bonds. The summed E-state index contributed by atoms with van der Waals surface area (Å²) in [7, 11) is 0. The topological polar surface area (TPSA) is 98.5 Å². The van der Waals surface area contributed by atoms with Crippen molar-refractivity contribution < 1.29 is 19.2 Å². The number of nitro groups is 1. The van der Waals surface area contributed by atoms with Crippen LogP contribution in [0.3, 0.4) is 0 Å². The minimum Gasteiger partial charge on any atom is -0.444 e. The van der Waals surface area contributed by atoms with Gasteiger partial charge in [-0.3, -0.25) is 20.2 Å². The zero-order valence-corrected chi connectivity index (χ0v) is 15.9. The van der Waals surface area contributed by atoms with Gasteiger partial charge in [0.1, 0.15) is 5.60 Å². The van der Waals surface area contributed by atoms with Crippen molar-refractivity contribution in [2.45, 2.75) is 32.8 Å². The number of carbonyl (C=O) groups is 2. The quantitative estimate of drug-likeness (QED) is 0.439. The number of nitro benzene ring substituents is 1. The van der Waals surface area contributed by atoms with E-state index in [0.29, 0.717) is 16.1 Å². The summed E-state index contributed by atoms with van der Waals surface area (Å²) in [6, 6.07) is 10.5. The van der Waals surface area contributed by atoms with E-state index in [9.17, 15) is 19.7 Å². The Morgan fingerprint density at radius 1 is 1.19 bits per heavy atom. The maximum atomic E-state index is 12.6. The number of rotatable bonds is 5. The molecule has 0 heterocycles. The third-order valence-corrected chi connectivity index (χ3v) is 3.79. The Morgan fingerprint density at radius 3 is 2.44 bits per heavy atom. The van der Waals surface area contributed by atoms with Gasteiger partial charge in [0.2, 0.25) is 0 Å². The lowest BCUT2D eigenvalue weighted by molar-refractivity contribution is -0.384. The van der Waals surface area contributed by atoms with Crippen molar-refractivity contribution in [1.29, 1.82) is 0 Å². The molecule has 8 heteroatoms. The molecule has 0 bridgehead atoms. The highest BCUT2D eigenvalue weighted by Crippen LogP contribution is 2.26. The Kier molecular flexibility index (Phi) is 6.17. The number of ether oxygens (including phenoxy) is 1. The molecular formula is C19H19ClN2O5. The average molecular weight is 391 g/mol. The van der Waals surface area contributed by atoms with Crippen LogP contribution in [0.15, 0.2) is 42.5 Å². The van der Waals surface area contributed by atoms with Crippen molar-refractivity contribution in [3.8, 4) is 0 Å². The summed E-state index contributed by atoms with van der Waals surface area (Å²) in [6.07, 6.45) is -0.859. The van der Waals surface area contributed by atoms with Crippen molar-refractivity contribution in [2.75, 3.05) is 5.32 Å². The molecule has 2 aromatic rings. The van der Waals surface area contributed by atoms with E-state index in [0.717, 1.165) is 0 Å². The molecule has 2 aromatic carbocycles. The van der Waals surface area contributed by atoms with E-state index in [4.69, 9.17) is 16.3 Å². The van der Waals surface area contributed by atoms with Gasteiger partial charge >= 0.3 is 6.09 Å². The lowest BCUT2D eigenvalue weighted by Crippen LogP contribution is -2.27. The molecule has 142 valence electrons. The number of amides is 1. The van der Waals surface area contributed by atoms with E-state index in [2.05, 4.69) is 5.32 Å². The molecule has 27 heavy (non-hydrogen) atoms. The summed E-state index contributed by atoms with van der Waals surface area (Å²) in [5.41, 5.74) is -0.0656. The van der Waals surface area contributed by atoms with Crippen LogP contribution >= 0.6 is 11.6 Å². The first-order valence-corrected chi connectivity index (χ1v) is 8.49. The van der Waals surface area contributed by atoms with E-state index >= 15 is 0 Å². The van der Waals surface area contributed by atoms with E-state index in [1.54, 1.807) is 45.0 Å². The molecule has 0 saturated heterocycles. The number of non-ortho nitro benzene ring substituents is 1. The summed E-state index contributed by atoms with van der Waals surface area (Å²) in [4.78, 5) is 35.1. The van der Waals surface area contributed by atoms with Crippen molar-refractivity contribution in [3.05, 3.63) is 68.7 Å². The lowest BCUT2D eigenvalue weighted by Gasteiger charge is -2.20. The highest BCUT2D eigenvalue weighted by molar-refractivity contribution is 6.34. The Hall–Kier alpha value is -2.93. The Balaban J connectivity index is 2.32. The first-order chi connectivity index (χ1) is 12.6. The normalized spacial score (nSPS) is 11.0. The number of Topliss-reactive ketones (excluding diaryl/α,β-unsaturated/α-hetero) is 1. The van der Waals surface area contributed by atoms with Gasteiger partial charge in [-0.15, -0.1) is 0 Å². The summed E-state index contributed by atoms with van der Waals surface area (Å²) < 4.78 is 5.18. The molecule has 0 aliphatic rings. The Morgan fingerprint density at radius 2 is 1.85 bits per heavy atom. The van der Waals surface area contributed by atoms with Crippen LogP contribution in [-0.2, 0) is 11.2 Å². The van der Waals surface area contributed by atoms with Crippen molar-refractivity contribution >= 4 is 34.9 Å². The molecule has 0 fully saturated rings. The van der Waals surface area contributed by atoms with Gasteiger partial charge in [-0.2, -0.15) is 0 Å². The zero-order chi connectivity index (χ0) is 20.2. The van der Waals surface area contributed by atoms with Crippen LogP contribution in [-0.4, -0.2) is 22.4 Å². The van der Waals surface area contributed by atoms with Crippen LogP contribution < -0.4 is 5.32 Å². The summed E-state index contributed by atoms with van der Waals surface area (Å²) in [5.74, 6) is -0.276. The number of anilines is 1. The minimum absolute atomic E-state index is 0.0904. The van der Waals surface area contributed by atoms with E-state index in [-0.39, 0.29) is 23.6 Å². The monoisotopic (exact) mass is 390 g/mol. The molecular weight excluding hydrogens is 372 g/mol. The van der Waals surface area contributed by atoms with Crippen LogP contribution in [0.4, 0.5) is 16.2 Å². The fourth-order valence-corrected chi connectivity index (χ4v) is 2.56. The van der Waals surface area contributed by atoms with Crippen molar-refractivity contribution in [3.63, 3.8) is 0 Å². The summed E-state index contributed by atoms with van der Waals surface area (Å²) >= 11 is 6.05. The van der Waals surface area contributed by atoms with Crippen molar-refractivity contribution in [2.24, 2.45) is 0 Å². The summed E-state index contributed by atoms with van der Waals surface area (Å²) in [5, 5.41) is 13.8. The third-order valence-electron chi connectivity index (χ3n) is 3.47. The van der Waals surface area contributed by atoms with Gasteiger partial charge in [-0.1, -0.05) is 23.7 Å². The smallest absolute Gasteiger partial charge is 0.412 e. The molecule has 0 radical (unpaired) electrons. The highest BCUT2D eigenvalue weighted by atomic mass is 35.5. The second kappa shape index (κ2) is 8.18. The van der Waals surface area contributed by atoms with Crippen molar-refractivity contribution in [1.82, 2.24) is 0 Å². The highest BCUT2D eigenvalue weighted by Gasteiger charge is 2.20. The maximum Gasteiger partial charge on any atom is 0.412 e. The van der Waals surface area contributed by atoms with Gasteiger partial charge < -0.3 is 4.74 Å². The van der Waals surface area contributed by atoms with E-state index in [1.165, 1.54) is 18.2 Å². The number of halogens is 1. The third kappa shape index (κ3) is 5.79. The fraction of sp³-hybridized carbons (Fsp3) is 0.263. The van der Waals surface area contributed by atoms with Gasteiger partial charge in [-0.05, 0) is 44.5 Å². The van der Waals surface area contributed by atoms with Crippen LogP contribution in [0.5, 0.6) is 0 Å². The molecule has 0 atom stereocenters. The molecule has 2 rings (SSSR count). The zero-order valence-electron chi connectivity index (χ0n) is 15.1. The van der Waals surface area contributed by atoms with Crippen LogP contribution in [0.2, 0.25) is 5.02 Å². The molecule has 0 spiro atoms. The van der Waals surface area contributed by atoms with Crippen LogP contribution in [0, 0.1) is 10.1 Å². The molecule has 0 aromatic heterocycles. The molecule has 0 saturated carbocycles. The number of nitrogens with one attached hydrogen (secondary N) is 1. The maximum absolute atomic E-state index is 12.6. The standard InChI is InChI=1S/C19H19ClN2O5/c1-19(2,3)27-18(24)21-16-11-13(22(25)26)9-8-12(16)10-17(23)14-6-4-5-7-15(14)20/h4-9,11H,10H2,1-3H3,(H,21,24). The second-order valence-electron chi connectivity index (χ2n) is 6.81. The predicted octanol–water partition coefficient (Wildman–Crippen LogP) is 5.02. The number of benzene rings is 2. The number of hydrogen-bond donors (Lipinski definition) is 1. The average Bonchev–Trinajstić information content (AvgIpc) is 2.54. The molecule has 1 N–H and O–H groups in total. The van der Waals surface area contributed by atoms with Gasteiger partial charge in [0, 0.05) is 24.1 Å². The molecule has 0 aliphatic carbocycles. The van der Waals surface area contributed by atoms with E-state index in [1.807, 2.05) is 0 Å². The number of ketones is 1. The number of carbonyl (C=O) groups excluding carboxylic acids is 2. The van der Waals surface area contributed by atoms with Gasteiger partial charge in [0.25, 0.3) is 5.69 Å². The fourth-order valence-electron chi connectivity index (χ4n) is 2.32. The van der Waals surface area contributed by atoms with Gasteiger partial charge in [-0.25, -0.2) is 4.79 Å². The van der Waals surface area contributed by atoms with E-state index < -0.39 is 16.6 Å². The lowest BCUT2D eigenvalue weighted by atomic mass is 10.0. The summed E-state index contributed by atoms with van der Waals surface area (Å²) in [6.45, 7) is 5.09. The number of hydrogen-bond acceptors (Lipinski definition) is 5. The Bertz CT molecular complexity index is 890. The molecule has 0 unspecified atom stereocenters. The number of nitrogens with zero attached hydrogens (tertiary/aromatic N) is 1. The first-order valence-electron chi connectivity index (χ1n) is 8.12. The van der Waals surface area contributed by atoms with Crippen LogP contribution in [0.1, 0.15) is 36.7 Å². The minimum atomic E-state index is -0.769. The van der Waals surface area contributed by atoms with Gasteiger partial charge in [0.15, 0.2) is 5.78 Å². The Labute approximate surface area is 161 Å².